The first-order valence-corrected chi connectivity index (χ1v) is 6.96. The molecule has 0 N–H and O–H groups in total. The van der Waals surface area contributed by atoms with Gasteiger partial charge >= 0.3 is 0 Å². The summed E-state index contributed by atoms with van der Waals surface area (Å²) in [4.78, 5) is 12.1. The number of hydrogen-bond donors (Lipinski definition) is 0. The first kappa shape index (κ1) is 12.9. The minimum Gasteiger partial charge on any atom is -0.294 e. The molecule has 4 heteroatoms. The van der Waals surface area contributed by atoms with E-state index < -0.39 is 17.4 Å². The highest BCUT2D eigenvalue weighted by molar-refractivity contribution is 7.17. The Morgan fingerprint density at radius 3 is 2.75 bits per heavy atom. The van der Waals surface area contributed by atoms with E-state index in [2.05, 4.69) is 0 Å². The molecule has 100 valence electrons. The van der Waals surface area contributed by atoms with E-state index in [4.69, 9.17) is 0 Å². The van der Waals surface area contributed by atoms with Gasteiger partial charge < -0.3 is 0 Å². The summed E-state index contributed by atoms with van der Waals surface area (Å²) in [5, 5.41) is 2.88. The van der Waals surface area contributed by atoms with Gasteiger partial charge in [-0.05, 0) is 40.6 Å². The molecule has 0 unspecified atom stereocenters. The molecule has 0 aliphatic carbocycles. The van der Waals surface area contributed by atoms with Crippen molar-refractivity contribution in [1.29, 1.82) is 0 Å². The highest BCUT2D eigenvalue weighted by Crippen LogP contribution is 2.27. The number of fused-ring (bicyclic) bond motifs is 1. The van der Waals surface area contributed by atoms with Gasteiger partial charge in [-0.25, -0.2) is 8.78 Å². The molecule has 2 aromatic carbocycles. The average Bonchev–Trinajstić information content (AvgIpc) is 2.85. The second-order valence-electron chi connectivity index (χ2n) is 4.48. The lowest BCUT2D eigenvalue weighted by molar-refractivity contribution is 0.0989. The third-order valence-electron chi connectivity index (χ3n) is 3.14. The van der Waals surface area contributed by atoms with Crippen molar-refractivity contribution in [1.82, 2.24) is 0 Å². The number of ketones is 1. The lowest BCUT2D eigenvalue weighted by Crippen LogP contribution is -2.06. The minimum absolute atomic E-state index is 0.0738. The Balaban J connectivity index is 1.94. The molecule has 0 radical (unpaired) electrons. The summed E-state index contributed by atoms with van der Waals surface area (Å²) in [5.41, 5.74) is 0.652. The summed E-state index contributed by atoms with van der Waals surface area (Å²) in [5.74, 6) is -1.70. The third-order valence-corrected chi connectivity index (χ3v) is 4.15. The van der Waals surface area contributed by atoms with Gasteiger partial charge in [0.1, 0.15) is 11.6 Å². The van der Waals surface area contributed by atoms with Crippen LogP contribution in [-0.2, 0) is 6.42 Å². The molecule has 1 nitrogen and oxygen atoms in total. The van der Waals surface area contributed by atoms with Crippen LogP contribution in [0, 0.1) is 11.6 Å². The molecule has 0 atom stereocenters. The molecule has 0 spiro atoms. The molecule has 0 bridgehead atoms. The summed E-state index contributed by atoms with van der Waals surface area (Å²) in [7, 11) is 0. The van der Waals surface area contributed by atoms with Crippen molar-refractivity contribution >= 4 is 27.2 Å². The molecule has 0 amide bonds. The van der Waals surface area contributed by atoms with Crippen molar-refractivity contribution in [2.24, 2.45) is 0 Å². The van der Waals surface area contributed by atoms with E-state index in [-0.39, 0.29) is 12.0 Å². The van der Waals surface area contributed by atoms with Crippen LogP contribution in [0.5, 0.6) is 0 Å². The van der Waals surface area contributed by atoms with E-state index in [0.717, 1.165) is 33.8 Å². The molecule has 0 aliphatic rings. The molecule has 0 saturated carbocycles. The van der Waals surface area contributed by atoms with Gasteiger partial charge in [0.2, 0.25) is 0 Å². The summed E-state index contributed by atoms with van der Waals surface area (Å²) in [6, 6.07) is 10.7. The summed E-state index contributed by atoms with van der Waals surface area (Å²) >= 11 is 1.54. The first-order valence-electron chi connectivity index (χ1n) is 6.08. The average molecular weight is 288 g/mol. The molecule has 20 heavy (non-hydrogen) atoms. The molecule has 3 rings (SSSR count). The lowest BCUT2D eigenvalue weighted by Gasteiger charge is -2.02. The third kappa shape index (κ3) is 2.34. The van der Waals surface area contributed by atoms with Crippen molar-refractivity contribution < 1.29 is 13.6 Å². The zero-order valence-electron chi connectivity index (χ0n) is 10.4. The predicted molar refractivity (Wildman–Crippen MR) is 76.2 cm³/mol. The number of benzene rings is 2. The van der Waals surface area contributed by atoms with E-state index in [1.54, 1.807) is 0 Å². The Labute approximate surface area is 118 Å². The van der Waals surface area contributed by atoms with Gasteiger partial charge in [-0.3, -0.25) is 4.79 Å². The van der Waals surface area contributed by atoms with Gasteiger partial charge in [0, 0.05) is 11.1 Å². The van der Waals surface area contributed by atoms with Crippen LogP contribution in [-0.4, -0.2) is 5.78 Å². The van der Waals surface area contributed by atoms with Crippen LogP contribution in [0.15, 0.2) is 47.8 Å². The van der Waals surface area contributed by atoms with E-state index in [1.807, 2.05) is 29.6 Å². The number of Topliss-reactive ketones (excluding diaryl/α,β-unsaturated/α-hetero) is 1. The van der Waals surface area contributed by atoms with Gasteiger partial charge in [0.25, 0.3) is 0 Å². The van der Waals surface area contributed by atoms with Crippen molar-refractivity contribution in [2.45, 2.75) is 6.42 Å². The van der Waals surface area contributed by atoms with Gasteiger partial charge in [0.05, 0.1) is 5.56 Å². The van der Waals surface area contributed by atoms with Crippen LogP contribution in [0.3, 0.4) is 0 Å². The number of carbonyl (C=O) groups excluding carboxylic acids is 1. The van der Waals surface area contributed by atoms with Gasteiger partial charge in [-0.15, -0.1) is 11.3 Å². The van der Waals surface area contributed by atoms with Crippen LogP contribution in [0.2, 0.25) is 0 Å². The lowest BCUT2D eigenvalue weighted by atomic mass is 10.0. The molecule has 1 heterocycles. The van der Waals surface area contributed by atoms with Crippen molar-refractivity contribution in [3.63, 3.8) is 0 Å². The minimum atomic E-state index is -0.684. The number of halogens is 2. The zero-order chi connectivity index (χ0) is 14.1. The highest BCUT2D eigenvalue weighted by atomic mass is 32.1. The Hall–Kier alpha value is -2.07. The predicted octanol–water partition coefficient (Wildman–Crippen LogP) is 4.60. The van der Waals surface area contributed by atoms with Crippen LogP contribution in [0.4, 0.5) is 8.78 Å². The maximum absolute atomic E-state index is 13.6. The molecule has 0 saturated heterocycles. The zero-order valence-corrected chi connectivity index (χ0v) is 11.2. The van der Waals surface area contributed by atoms with Crippen LogP contribution in [0.1, 0.15) is 15.9 Å². The fourth-order valence-electron chi connectivity index (χ4n) is 2.15. The summed E-state index contributed by atoms with van der Waals surface area (Å²) in [6.45, 7) is 0. The number of thiophene rings is 1. The second kappa shape index (κ2) is 5.13. The second-order valence-corrected chi connectivity index (χ2v) is 5.39. The van der Waals surface area contributed by atoms with Crippen LogP contribution in [0.25, 0.3) is 10.1 Å². The largest absolute Gasteiger partial charge is 0.294 e. The molecule has 3 aromatic rings. The number of carbonyl (C=O) groups is 1. The normalized spacial score (nSPS) is 10.9. The SMILES string of the molecule is O=C(Cc1csc2ccccc12)c1cc(F)ccc1F. The molecular weight excluding hydrogens is 278 g/mol. The van der Waals surface area contributed by atoms with E-state index in [0.29, 0.717) is 0 Å². The highest BCUT2D eigenvalue weighted by Gasteiger charge is 2.15. The van der Waals surface area contributed by atoms with Crippen molar-refractivity contribution in [3.8, 4) is 0 Å². The van der Waals surface area contributed by atoms with Crippen LogP contribution >= 0.6 is 11.3 Å². The Bertz CT molecular complexity index is 792. The number of rotatable bonds is 3. The van der Waals surface area contributed by atoms with E-state index in [9.17, 15) is 13.6 Å². The van der Waals surface area contributed by atoms with Gasteiger partial charge in [0.15, 0.2) is 5.78 Å². The van der Waals surface area contributed by atoms with Crippen LogP contribution < -0.4 is 0 Å². The fourth-order valence-corrected chi connectivity index (χ4v) is 3.11. The molecule has 0 fully saturated rings. The fraction of sp³-hybridized carbons (Fsp3) is 0.0625. The standard InChI is InChI=1S/C16H10F2OS/c17-11-5-6-14(18)13(8-11)15(19)7-10-9-20-16-4-2-1-3-12(10)16/h1-6,8-9H,7H2. The topological polar surface area (TPSA) is 17.1 Å². The Kier molecular flexibility index (Phi) is 3.32. The van der Waals surface area contributed by atoms with Gasteiger partial charge in [-0.1, -0.05) is 18.2 Å². The Morgan fingerprint density at radius 2 is 1.90 bits per heavy atom. The monoisotopic (exact) mass is 288 g/mol. The quantitative estimate of drug-likeness (QED) is 0.643. The molecule has 1 aromatic heterocycles. The number of hydrogen-bond acceptors (Lipinski definition) is 2. The maximum atomic E-state index is 13.6. The molecule has 0 aliphatic heterocycles. The van der Waals surface area contributed by atoms with Crippen molar-refractivity contribution in [2.75, 3.05) is 0 Å². The maximum Gasteiger partial charge on any atom is 0.170 e. The summed E-state index contributed by atoms with van der Waals surface area (Å²) in [6.07, 6.45) is 0.0738. The van der Waals surface area contributed by atoms with E-state index >= 15 is 0 Å². The van der Waals surface area contributed by atoms with E-state index in [1.165, 1.54) is 11.3 Å². The first-order chi connectivity index (χ1) is 9.65. The Morgan fingerprint density at radius 1 is 1.10 bits per heavy atom. The smallest absolute Gasteiger partial charge is 0.170 e. The van der Waals surface area contributed by atoms with Crippen molar-refractivity contribution in [3.05, 3.63) is 70.6 Å². The molecular formula is C16H10F2OS. The van der Waals surface area contributed by atoms with Gasteiger partial charge in [-0.2, -0.15) is 0 Å². The summed E-state index contributed by atoms with van der Waals surface area (Å²) < 4.78 is 27.8.